The summed E-state index contributed by atoms with van der Waals surface area (Å²) in [7, 11) is 0. The molecular formula is C27H20O. The number of hydrogen-bond acceptors (Lipinski definition) is 1. The van der Waals surface area contributed by atoms with Gasteiger partial charge in [-0.05, 0) is 28.5 Å². The van der Waals surface area contributed by atoms with E-state index in [1.165, 1.54) is 5.39 Å². The van der Waals surface area contributed by atoms with Crippen molar-refractivity contribution in [2.24, 2.45) is 0 Å². The summed E-state index contributed by atoms with van der Waals surface area (Å²) < 4.78 is 0. The van der Waals surface area contributed by atoms with Gasteiger partial charge in [-0.2, -0.15) is 0 Å². The summed E-state index contributed by atoms with van der Waals surface area (Å²) in [6.45, 7) is 0. The lowest BCUT2D eigenvalue weighted by Crippen LogP contribution is -2.07. The molecule has 1 heteroatoms. The molecule has 4 aromatic carbocycles. The Morgan fingerprint density at radius 2 is 1.36 bits per heavy atom. The van der Waals surface area contributed by atoms with Crippen molar-refractivity contribution in [3.63, 3.8) is 0 Å². The van der Waals surface area contributed by atoms with E-state index < -0.39 is 0 Å². The van der Waals surface area contributed by atoms with Gasteiger partial charge in [0.2, 0.25) is 0 Å². The first kappa shape index (κ1) is 17.8. The smallest absolute Gasteiger partial charge is 0.164 e. The molecule has 0 radical (unpaired) electrons. The molecule has 0 bridgehead atoms. The van der Waals surface area contributed by atoms with Gasteiger partial charge in [0.05, 0.1) is 5.92 Å². The second-order valence-electron chi connectivity index (χ2n) is 6.75. The number of rotatable bonds is 4. The molecule has 4 aromatic rings. The van der Waals surface area contributed by atoms with Crippen molar-refractivity contribution < 1.29 is 4.79 Å². The van der Waals surface area contributed by atoms with E-state index in [0.29, 0.717) is 6.42 Å². The van der Waals surface area contributed by atoms with Crippen LogP contribution in [0.3, 0.4) is 0 Å². The molecule has 1 atom stereocenters. The Morgan fingerprint density at radius 3 is 2.14 bits per heavy atom. The zero-order valence-corrected chi connectivity index (χ0v) is 15.5. The van der Waals surface area contributed by atoms with Crippen molar-refractivity contribution >= 4 is 16.6 Å². The lowest BCUT2D eigenvalue weighted by molar-refractivity contribution is 0.0979. The maximum absolute atomic E-state index is 12.9. The molecule has 0 N–H and O–H groups in total. The van der Waals surface area contributed by atoms with Gasteiger partial charge >= 0.3 is 0 Å². The molecule has 0 unspecified atom stereocenters. The zero-order chi connectivity index (χ0) is 19.2. The number of hydrogen-bond donors (Lipinski definition) is 0. The second-order valence-corrected chi connectivity index (χ2v) is 6.75. The van der Waals surface area contributed by atoms with Crippen LogP contribution in [0.1, 0.15) is 33.8 Å². The van der Waals surface area contributed by atoms with Gasteiger partial charge in [0.25, 0.3) is 0 Å². The Labute approximate surface area is 165 Å². The van der Waals surface area contributed by atoms with Crippen molar-refractivity contribution in [3.05, 3.63) is 120 Å². The molecule has 0 fully saturated rings. The maximum Gasteiger partial charge on any atom is 0.164 e. The van der Waals surface area contributed by atoms with E-state index in [1.54, 1.807) is 0 Å². The van der Waals surface area contributed by atoms with E-state index in [0.717, 1.165) is 22.1 Å². The molecule has 0 saturated carbocycles. The molecule has 1 nitrogen and oxygen atoms in total. The third-order valence-electron chi connectivity index (χ3n) is 4.85. The van der Waals surface area contributed by atoms with E-state index in [1.807, 2.05) is 78.9 Å². The molecule has 0 saturated heterocycles. The largest absolute Gasteiger partial charge is 0.294 e. The third kappa shape index (κ3) is 4.03. The second kappa shape index (κ2) is 8.37. The van der Waals surface area contributed by atoms with Gasteiger partial charge in [-0.3, -0.25) is 4.79 Å². The first-order valence-electron chi connectivity index (χ1n) is 9.44. The minimum Gasteiger partial charge on any atom is -0.294 e. The van der Waals surface area contributed by atoms with E-state index in [-0.39, 0.29) is 11.7 Å². The van der Waals surface area contributed by atoms with Crippen LogP contribution in [0.25, 0.3) is 10.8 Å². The van der Waals surface area contributed by atoms with Crippen LogP contribution in [-0.4, -0.2) is 5.78 Å². The third-order valence-corrected chi connectivity index (χ3v) is 4.85. The van der Waals surface area contributed by atoms with Gasteiger partial charge in [0, 0.05) is 17.5 Å². The molecule has 0 heterocycles. The highest BCUT2D eigenvalue weighted by molar-refractivity contribution is 5.97. The lowest BCUT2D eigenvalue weighted by Gasteiger charge is -2.14. The number of carbonyl (C=O) groups is 1. The molecule has 0 amide bonds. The monoisotopic (exact) mass is 360 g/mol. The van der Waals surface area contributed by atoms with E-state index >= 15 is 0 Å². The minimum atomic E-state index is -0.168. The van der Waals surface area contributed by atoms with Crippen molar-refractivity contribution in [2.45, 2.75) is 12.3 Å². The Balaban J connectivity index is 1.75. The van der Waals surface area contributed by atoms with Crippen molar-refractivity contribution in [1.29, 1.82) is 0 Å². The number of Topliss-reactive ketones (excluding diaryl/α,β-unsaturated/α-hetero) is 1. The SMILES string of the molecule is O=C(C[C@@H](C#Cc1ccccc1)c1cccc2ccccc12)c1ccccc1. The van der Waals surface area contributed by atoms with E-state index in [9.17, 15) is 4.79 Å². The molecule has 28 heavy (non-hydrogen) atoms. The highest BCUT2D eigenvalue weighted by Crippen LogP contribution is 2.29. The van der Waals surface area contributed by atoms with Gasteiger partial charge in [0.15, 0.2) is 5.78 Å². The quantitative estimate of drug-likeness (QED) is 0.311. The van der Waals surface area contributed by atoms with Gasteiger partial charge < -0.3 is 0 Å². The van der Waals surface area contributed by atoms with Crippen LogP contribution in [0.15, 0.2) is 103 Å². The van der Waals surface area contributed by atoms with Gasteiger partial charge in [-0.25, -0.2) is 0 Å². The van der Waals surface area contributed by atoms with Crippen LogP contribution in [0.5, 0.6) is 0 Å². The Morgan fingerprint density at radius 1 is 0.714 bits per heavy atom. The van der Waals surface area contributed by atoms with Gasteiger partial charge in [0.1, 0.15) is 0 Å². The summed E-state index contributed by atoms with van der Waals surface area (Å²) in [5.41, 5.74) is 2.79. The summed E-state index contributed by atoms with van der Waals surface area (Å²) >= 11 is 0. The zero-order valence-electron chi connectivity index (χ0n) is 15.5. The summed E-state index contributed by atoms with van der Waals surface area (Å²) in [6, 6.07) is 33.9. The molecular weight excluding hydrogens is 340 g/mol. The van der Waals surface area contributed by atoms with Crippen LogP contribution >= 0.6 is 0 Å². The average Bonchev–Trinajstić information content (AvgIpc) is 2.77. The number of fused-ring (bicyclic) bond motifs is 1. The maximum atomic E-state index is 12.9. The summed E-state index contributed by atoms with van der Waals surface area (Å²) in [4.78, 5) is 12.9. The van der Waals surface area contributed by atoms with Gasteiger partial charge in [-0.15, -0.1) is 0 Å². The average molecular weight is 360 g/mol. The van der Waals surface area contributed by atoms with Crippen LogP contribution in [0.4, 0.5) is 0 Å². The van der Waals surface area contributed by atoms with Crippen molar-refractivity contribution in [2.75, 3.05) is 0 Å². The molecule has 134 valence electrons. The fraction of sp³-hybridized carbons (Fsp3) is 0.0741. The lowest BCUT2D eigenvalue weighted by atomic mass is 9.88. The molecule has 0 aliphatic carbocycles. The number of ketones is 1. The topological polar surface area (TPSA) is 17.1 Å². The first-order valence-corrected chi connectivity index (χ1v) is 9.44. The number of benzene rings is 4. The van der Waals surface area contributed by atoms with E-state index in [4.69, 9.17) is 0 Å². The van der Waals surface area contributed by atoms with Crippen LogP contribution in [0, 0.1) is 11.8 Å². The summed E-state index contributed by atoms with van der Waals surface area (Å²) in [5.74, 6) is 6.58. The standard InChI is InChI=1S/C27H20O/c28-27(23-13-5-2-6-14-23)20-24(19-18-21-10-3-1-4-11-21)26-17-9-15-22-12-7-8-16-25(22)26/h1-17,24H,20H2/t24-/m1/s1. The predicted molar refractivity (Wildman–Crippen MR) is 115 cm³/mol. The normalized spacial score (nSPS) is 11.4. The fourth-order valence-corrected chi connectivity index (χ4v) is 3.41. The molecule has 0 aliphatic rings. The first-order chi connectivity index (χ1) is 13.8. The minimum absolute atomic E-state index is 0.112. The fourth-order valence-electron chi connectivity index (χ4n) is 3.41. The Hall–Kier alpha value is -3.63. The van der Waals surface area contributed by atoms with E-state index in [2.05, 4.69) is 36.1 Å². The Bertz CT molecular complexity index is 1140. The number of carbonyl (C=O) groups excluding carboxylic acids is 1. The molecule has 4 rings (SSSR count). The summed E-state index contributed by atoms with van der Waals surface area (Å²) in [6.07, 6.45) is 0.359. The predicted octanol–water partition coefficient (Wildman–Crippen LogP) is 6.25. The van der Waals surface area contributed by atoms with Crippen LogP contribution < -0.4 is 0 Å². The molecule has 0 spiro atoms. The van der Waals surface area contributed by atoms with Crippen molar-refractivity contribution in [1.82, 2.24) is 0 Å². The molecule has 0 aromatic heterocycles. The van der Waals surface area contributed by atoms with Crippen molar-refractivity contribution in [3.8, 4) is 11.8 Å². The van der Waals surface area contributed by atoms with Crippen LogP contribution in [-0.2, 0) is 0 Å². The summed E-state index contributed by atoms with van der Waals surface area (Å²) in [5, 5.41) is 2.32. The van der Waals surface area contributed by atoms with Crippen LogP contribution in [0.2, 0.25) is 0 Å². The highest BCUT2D eigenvalue weighted by atomic mass is 16.1. The van der Waals surface area contributed by atoms with Gasteiger partial charge in [-0.1, -0.05) is 103 Å². The molecule has 0 aliphatic heterocycles. The Kier molecular flexibility index (Phi) is 5.31. The highest BCUT2D eigenvalue weighted by Gasteiger charge is 2.17.